The Bertz CT molecular complexity index is 192. The maximum Gasteiger partial charge on any atom is 0.0554 e. The fourth-order valence-electron chi connectivity index (χ4n) is 2.32. The summed E-state index contributed by atoms with van der Waals surface area (Å²) in [7, 11) is 0. The van der Waals surface area contributed by atoms with Gasteiger partial charge in [0, 0.05) is 18.0 Å². The number of rotatable bonds is 4. The highest BCUT2D eigenvalue weighted by molar-refractivity contribution is 4.90. The van der Waals surface area contributed by atoms with E-state index in [0.29, 0.717) is 5.41 Å². The highest BCUT2D eigenvalue weighted by atomic mass is 16.5. The Morgan fingerprint density at radius 1 is 1.36 bits per heavy atom. The van der Waals surface area contributed by atoms with Crippen LogP contribution in [0.3, 0.4) is 0 Å². The van der Waals surface area contributed by atoms with Crippen molar-refractivity contribution >= 4 is 0 Å². The van der Waals surface area contributed by atoms with E-state index in [4.69, 9.17) is 4.74 Å². The third-order valence-corrected chi connectivity index (χ3v) is 3.84. The summed E-state index contributed by atoms with van der Waals surface area (Å²) in [6, 6.07) is 0.792. The lowest BCUT2D eigenvalue weighted by Gasteiger charge is -2.43. The lowest BCUT2D eigenvalue weighted by Crippen LogP contribution is -2.52. The first-order valence-corrected chi connectivity index (χ1v) is 5.90. The number of nitrogens with one attached hydrogen (secondary N) is 1. The molecule has 0 atom stereocenters. The van der Waals surface area contributed by atoms with E-state index in [1.807, 2.05) is 0 Å². The molecule has 1 aliphatic carbocycles. The van der Waals surface area contributed by atoms with Crippen molar-refractivity contribution in [3.05, 3.63) is 0 Å². The summed E-state index contributed by atoms with van der Waals surface area (Å²) >= 11 is 0. The summed E-state index contributed by atoms with van der Waals surface area (Å²) < 4.78 is 5.24. The first-order valence-electron chi connectivity index (χ1n) is 5.90. The summed E-state index contributed by atoms with van der Waals surface area (Å²) in [5, 5.41) is 3.67. The Morgan fingerprint density at radius 2 is 2.00 bits per heavy atom. The zero-order valence-corrected chi connectivity index (χ0v) is 9.68. The molecular formula is C12H23NO. The molecule has 0 aromatic rings. The molecule has 1 N–H and O–H groups in total. The van der Waals surface area contributed by atoms with Crippen LogP contribution < -0.4 is 5.32 Å². The standard InChI is InChI=1S/C12H23NO/c1-9(2)10-4-11(5-10)13-6-12(3)7-14-8-12/h9-11,13H,4-8H2,1-3H3. The van der Waals surface area contributed by atoms with E-state index in [-0.39, 0.29) is 0 Å². The van der Waals surface area contributed by atoms with E-state index < -0.39 is 0 Å². The van der Waals surface area contributed by atoms with Crippen molar-refractivity contribution in [1.82, 2.24) is 5.32 Å². The molecular weight excluding hydrogens is 174 g/mol. The second-order valence-electron chi connectivity index (χ2n) is 5.86. The van der Waals surface area contributed by atoms with Gasteiger partial charge in [-0.15, -0.1) is 0 Å². The molecule has 1 heterocycles. The zero-order chi connectivity index (χ0) is 10.2. The molecule has 2 nitrogen and oxygen atoms in total. The van der Waals surface area contributed by atoms with Crippen molar-refractivity contribution in [1.29, 1.82) is 0 Å². The molecule has 1 aliphatic heterocycles. The maximum atomic E-state index is 5.24. The van der Waals surface area contributed by atoms with Crippen LogP contribution in [0.4, 0.5) is 0 Å². The zero-order valence-electron chi connectivity index (χ0n) is 9.68. The average Bonchev–Trinajstić information content (AvgIpc) is 1.97. The van der Waals surface area contributed by atoms with E-state index in [9.17, 15) is 0 Å². The predicted octanol–water partition coefficient (Wildman–Crippen LogP) is 2.05. The van der Waals surface area contributed by atoms with E-state index in [0.717, 1.165) is 37.6 Å². The van der Waals surface area contributed by atoms with Crippen LogP contribution in [0.5, 0.6) is 0 Å². The quantitative estimate of drug-likeness (QED) is 0.744. The third-order valence-electron chi connectivity index (χ3n) is 3.84. The molecule has 2 rings (SSSR count). The van der Waals surface area contributed by atoms with Crippen LogP contribution in [0.25, 0.3) is 0 Å². The van der Waals surface area contributed by atoms with Crippen LogP contribution in [-0.2, 0) is 4.74 Å². The van der Waals surface area contributed by atoms with Crippen LogP contribution in [0.2, 0.25) is 0 Å². The number of hydrogen-bond donors (Lipinski definition) is 1. The Kier molecular flexibility index (Phi) is 2.85. The Balaban J connectivity index is 1.60. The lowest BCUT2D eigenvalue weighted by molar-refractivity contribution is -0.102. The maximum absolute atomic E-state index is 5.24. The fourth-order valence-corrected chi connectivity index (χ4v) is 2.32. The summed E-state index contributed by atoms with van der Waals surface area (Å²) in [6.07, 6.45) is 2.77. The van der Waals surface area contributed by atoms with Gasteiger partial charge in [0.05, 0.1) is 13.2 Å². The second kappa shape index (κ2) is 3.82. The summed E-state index contributed by atoms with van der Waals surface area (Å²) in [5.41, 5.74) is 0.433. The molecule has 0 unspecified atom stereocenters. The molecule has 2 heteroatoms. The topological polar surface area (TPSA) is 21.3 Å². The molecule has 0 aromatic carbocycles. The highest BCUT2D eigenvalue weighted by Gasteiger charge is 2.36. The molecule has 0 bridgehead atoms. The van der Waals surface area contributed by atoms with Crippen molar-refractivity contribution in [2.24, 2.45) is 17.3 Å². The van der Waals surface area contributed by atoms with Gasteiger partial charge in [0.1, 0.15) is 0 Å². The van der Waals surface area contributed by atoms with Crippen molar-refractivity contribution < 1.29 is 4.74 Å². The number of hydrogen-bond acceptors (Lipinski definition) is 2. The SMILES string of the molecule is CC(C)C1CC(NCC2(C)COC2)C1. The molecule has 0 amide bonds. The first-order chi connectivity index (χ1) is 6.59. The van der Waals surface area contributed by atoms with Crippen molar-refractivity contribution in [2.45, 2.75) is 39.7 Å². The van der Waals surface area contributed by atoms with E-state index in [1.165, 1.54) is 12.8 Å². The molecule has 14 heavy (non-hydrogen) atoms. The Hall–Kier alpha value is -0.0800. The van der Waals surface area contributed by atoms with Gasteiger partial charge in [0.25, 0.3) is 0 Å². The number of ether oxygens (including phenoxy) is 1. The van der Waals surface area contributed by atoms with Crippen LogP contribution in [0, 0.1) is 17.3 Å². The van der Waals surface area contributed by atoms with E-state index >= 15 is 0 Å². The van der Waals surface area contributed by atoms with Gasteiger partial charge in [0.2, 0.25) is 0 Å². The molecule has 0 radical (unpaired) electrons. The molecule has 0 aromatic heterocycles. The van der Waals surface area contributed by atoms with Crippen LogP contribution >= 0.6 is 0 Å². The normalized spacial score (nSPS) is 35.1. The smallest absolute Gasteiger partial charge is 0.0554 e. The Labute approximate surface area is 87.4 Å². The molecule has 82 valence electrons. The van der Waals surface area contributed by atoms with Gasteiger partial charge in [-0.3, -0.25) is 0 Å². The lowest BCUT2D eigenvalue weighted by atomic mass is 9.73. The average molecular weight is 197 g/mol. The summed E-state index contributed by atoms with van der Waals surface area (Å²) in [6.45, 7) is 10.0. The minimum absolute atomic E-state index is 0.433. The van der Waals surface area contributed by atoms with Gasteiger partial charge in [-0.05, 0) is 24.7 Å². The van der Waals surface area contributed by atoms with Gasteiger partial charge in [-0.2, -0.15) is 0 Å². The van der Waals surface area contributed by atoms with Gasteiger partial charge in [-0.25, -0.2) is 0 Å². The van der Waals surface area contributed by atoms with Crippen LogP contribution in [0.1, 0.15) is 33.6 Å². The second-order valence-corrected chi connectivity index (χ2v) is 5.86. The predicted molar refractivity (Wildman–Crippen MR) is 58.3 cm³/mol. The minimum Gasteiger partial charge on any atom is -0.380 e. The van der Waals surface area contributed by atoms with Crippen LogP contribution in [-0.4, -0.2) is 25.8 Å². The van der Waals surface area contributed by atoms with Crippen molar-refractivity contribution in [3.63, 3.8) is 0 Å². The molecule has 2 fully saturated rings. The van der Waals surface area contributed by atoms with Gasteiger partial charge >= 0.3 is 0 Å². The molecule has 1 saturated heterocycles. The Morgan fingerprint density at radius 3 is 2.43 bits per heavy atom. The molecule has 1 saturated carbocycles. The van der Waals surface area contributed by atoms with Gasteiger partial charge < -0.3 is 10.1 Å². The van der Waals surface area contributed by atoms with E-state index in [1.54, 1.807) is 0 Å². The van der Waals surface area contributed by atoms with Gasteiger partial charge in [-0.1, -0.05) is 20.8 Å². The summed E-state index contributed by atoms with van der Waals surface area (Å²) in [5.74, 6) is 1.84. The fraction of sp³-hybridized carbons (Fsp3) is 1.00. The van der Waals surface area contributed by atoms with Crippen molar-refractivity contribution in [3.8, 4) is 0 Å². The largest absolute Gasteiger partial charge is 0.380 e. The minimum atomic E-state index is 0.433. The third kappa shape index (κ3) is 2.12. The van der Waals surface area contributed by atoms with Crippen molar-refractivity contribution in [2.75, 3.05) is 19.8 Å². The van der Waals surface area contributed by atoms with Gasteiger partial charge in [0.15, 0.2) is 0 Å². The highest BCUT2D eigenvalue weighted by Crippen LogP contribution is 2.34. The first kappa shape index (κ1) is 10.4. The summed E-state index contributed by atoms with van der Waals surface area (Å²) in [4.78, 5) is 0. The van der Waals surface area contributed by atoms with Crippen LogP contribution in [0.15, 0.2) is 0 Å². The monoisotopic (exact) mass is 197 g/mol. The van der Waals surface area contributed by atoms with E-state index in [2.05, 4.69) is 26.1 Å². The molecule has 0 spiro atoms. The molecule has 2 aliphatic rings.